The molecule has 224 valence electrons. The molecule has 0 bridgehead atoms. The van der Waals surface area contributed by atoms with Crippen LogP contribution in [0.4, 0.5) is 5.69 Å². The number of para-hydroxylation sites is 1. The molecule has 9 heteroatoms. The van der Waals surface area contributed by atoms with Crippen molar-refractivity contribution in [1.82, 2.24) is 10.2 Å². The number of carbonyl (C=O) groups excluding carboxylic acids is 2. The van der Waals surface area contributed by atoms with Gasteiger partial charge in [0.05, 0.1) is 10.6 Å². The molecular formula is C34H36ClN3O4S. The Hall–Kier alpha value is -4.14. The summed E-state index contributed by atoms with van der Waals surface area (Å²) in [4.78, 5) is 29.6. The van der Waals surface area contributed by atoms with Gasteiger partial charge < -0.3 is 10.2 Å². The van der Waals surface area contributed by atoms with Gasteiger partial charge in [0, 0.05) is 24.0 Å². The van der Waals surface area contributed by atoms with Crippen molar-refractivity contribution in [3.63, 3.8) is 0 Å². The summed E-state index contributed by atoms with van der Waals surface area (Å²) >= 11 is 6.52. The summed E-state index contributed by atoms with van der Waals surface area (Å²) in [5.74, 6) is -0.883. The molecule has 7 nitrogen and oxygen atoms in total. The Labute approximate surface area is 259 Å². The Morgan fingerprint density at radius 1 is 0.814 bits per heavy atom. The first kappa shape index (κ1) is 31.8. The maximum Gasteiger partial charge on any atom is 0.264 e. The molecule has 2 amide bonds. The normalized spacial score (nSPS) is 12.0. The number of hydrogen-bond donors (Lipinski definition) is 1. The summed E-state index contributed by atoms with van der Waals surface area (Å²) in [5.41, 5.74) is 2.74. The molecule has 0 spiro atoms. The van der Waals surface area contributed by atoms with Gasteiger partial charge in [0.1, 0.15) is 12.6 Å². The topological polar surface area (TPSA) is 86.8 Å². The van der Waals surface area contributed by atoms with Crippen LogP contribution in [-0.2, 0) is 32.6 Å². The molecule has 0 saturated heterocycles. The second-order valence-electron chi connectivity index (χ2n) is 10.6. The highest BCUT2D eigenvalue weighted by atomic mass is 35.5. The van der Waals surface area contributed by atoms with Gasteiger partial charge in [-0.05, 0) is 62.2 Å². The average Bonchev–Trinajstić information content (AvgIpc) is 2.99. The lowest BCUT2D eigenvalue weighted by molar-refractivity contribution is -0.140. The van der Waals surface area contributed by atoms with Gasteiger partial charge >= 0.3 is 0 Å². The molecule has 0 aliphatic carbocycles. The van der Waals surface area contributed by atoms with Crippen molar-refractivity contribution in [2.75, 3.05) is 10.8 Å². The summed E-state index contributed by atoms with van der Waals surface area (Å²) in [5, 5.41) is 3.39. The number of nitrogens with one attached hydrogen (secondary N) is 1. The van der Waals surface area contributed by atoms with Crippen molar-refractivity contribution in [2.45, 2.75) is 50.7 Å². The molecule has 4 rings (SSSR count). The van der Waals surface area contributed by atoms with E-state index in [0.717, 1.165) is 15.4 Å². The highest BCUT2D eigenvalue weighted by Crippen LogP contribution is 2.26. The van der Waals surface area contributed by atoms with E-state index in [9.17, 15) is 18.0 Å². The van der Waals surface area contributed by atoms with Crippen LogP contribution >= 0.6 is 11.6 Å². The zero-order chi connectivity index (χ0) is 31.0. The molecule has 1 N–H and O–H groups in total. The second kappa shape index (κ2) is 14.4. The number of amides is 2. The lowest BCUT2D eigenvalue weighted by atomic mass is 10.0. The summed E-state index contributed by atoms with van der Waals surface area (Å²) < 4.78 is 29.1. The zero-order valence-corrected chi connectivity index (χ0v) is 26.1. The fourth-order valence-electron chi connectivity index (χ4n) is 4.71. The van der Waals surface area contributed by atoms with E-state index in [-0.39, 0.29) is 29.8 Å². The van der Waals surface area contributed by atoms with Crippen LogP contribution in [0.25, 0.3) is 0 Å². The number of benzene rings is 4. The monoisotopic (exact) mass is 617 g/mol. The molecule has 1 atom stereocenters. The first-order valence-corrected chi connectivity index (χ1v) is 15.9. The Kier molecular flexibility index (Phi) is 10.6. The summed E-state index contributed by atoms with van der Waals surface area (Å²) in [6.45, 7) is 5.06. The summed E-state index contributed by atoms with van der Waals surface area (Å²) in [6.07, 6.45) is 0.228. The zero-order valence-electron chi connectivity index (χ0n) is 24.5. The lowest BCUT2D eigenvalue weighted by Crippen LogP contribution is -2.54. The van der Waals surface area contributed by atoms with E-state index in [0.29, 0.717) is 16.3 Å². The fourth-order valence-corrected chi connectivity index (χ4v) is 6.31. The first-order chi connectivity index (χ1) is 20.6. The number of aryl methyl sites for hydroxylation is 1. The predicted molar refractivity (Wildman–Crippen MR) is 171 cm³/mol. The Morgan fingerprint density at radius 3 is 2.00 bits per heavy atom. The third-order valence-corrected chi connectivity index (χ3v) is 9.09. The first-order valence-electron chi connectivity index (χ1n) is 14.1. The number of hydrogen-bond acceptors (Lipinski definition) is 4. The maximum atomic E-state index is 14.4. The van der Waals surface area contributed by atoms with Gasteiger partial charge in [-0.25, -0.2) is 8.42 Å². The molecule has 1 unspecified atom stereocenters. The molecule has 0 aliphatic heterocycles. The van der Waals surface area contributed by atoms with Gasteiger partial charge in [-0.2, -0.15) is 0 Å². The highest BCUT2D eigenvalue weighted by Gasteiger charge is 2.35. The van der Waals surface area contributed by atoms with E-state index < -0.39 is 28.5 Å². The van der Waals surface area contributed by atoms with Gasteiger partial charge in [-0.1, -0.05) is 96.0 Å². The molecule has 0 heterocycles. The maximum absolute atomic E-state index is 14.4. The lowest BCUT2D eigenvalue weighted by Gasteiger charge is -2.34. The second-order valence-corrected chi connectivity index (χ2v) is 12.9. The van der Waals surface area contributed by atoms with Crippen LogP contribution in [0.3, 0.4) is 0 Å². The van der Waals surface area contributed by atoms with Crippen molar-refractivity contribution in [2.24, 2.45) is 0 Å². The van der Waals surface area contributed by atoms with Gasteiger partial charge in [-0.3, -0.25) is 13.9 Å². The van der Waals surface area contributed by atoms with E-state index in [1.54, 1.807) is 60.7 Å². The van der Waals surface area contributed by atoms with Crippen LogP contribution < -0.4 is 9.62 Å². The molecule has 0 aliphatic rings. The number of halogens is 1. The number of carbonyl (C=O) groups is 2. The molecule has 0 saturated carbocycles. The van der Waals surface area contributed by atoms with Gasteiger partial charge in [0.15, 0.2) is 0 Å². The molecule has 43 heavy (non-hydrogen) atoms. The minimum Gasteiger partial charge on any atom is -0.352 e. The highest BCUT2D eigenvalue weighted by molar-refractivity contribution is 7.92. The third-order valence-electron chi connectivity index (χ3n) is 6.93. The molecule has 0 aromatic heterocycles. The van der Waals surface area contributed by atoms with Crippen molar-refractivity contribution >= 4 is 39.1 Å². The smallest absolute Gasteiger partial charge is 0.264 e. The summed E-state index contributed by atoms with van der Waals surface area (Å²) in [7, 11) is -4.15. The van der Waals surface area contributed by atoms with E-state index >= 15 is 0 Å². The SMILES string of the molecule is Cc1ccc(S(=O)(=O)N(CC(=O)N(Cc2ccccc2Cl)C(Cc2ccccc2)C(=O)NC(C)C)c2ccccc2)cc1. The third kappa shape index (κ3) is 8.24. The number of rotatable bonds is 12. The van der Waals surface area contributed by atoms with E-state index in [4.69, 9.17) is 11.6 Å². The Balaban J connectivity index is 1.79. The van der Waals surface area contributed by atoms with Crippen molar-refractivity contribution in [3.8, 4) is 0 Å². The summed E-state index contributed by atoms with van der Waals surface area (Å²) in [6, 6.07) is 30.4. The van der Waals surface area contributed by atoms with Crippen LogP contribution in [0.1, 0.15) is 30.5 Å². The van der Waals surface area contributed by atoms with Gasteiger partial charge in [0.25, 0.3) is 10.0 Å². The minimum absolute atomic E-state index is 0.00866. The average molecular weight is 618 g/mol. The van der Waals surface area contributed by atoms with Gasteiger partial charge in [-0.15, -0.1) is 0 Å². The quantitative estimate of drug-likeness (QED) is 0.211. The predicted octanol–water partition coefficient (Wildman–Crippen LogP) is 6.01. The molecule has 4 aromatic carbocycles. The number of sulfonamides is 1. The standard InChI is InChI=1S/C34H36ClN3O4S/c1-25(2)36-34(40)32(22-27-12-6-4-7-13-27)37(23-28-14-10-11-17-31(28)35)33(39)24-38(29-15-8-5-9-16-29)43(41,42)30-20-18-26(3)19-21-30/h4-21,25,32H,22-24H2,1-3H3,(H,36,40). The van der Waals surface area contributed by atoms with Crippen LogP contribution in [-0.4, -0.2) is 43.8 Å². The molecule has 0 fully saturated rings. The van der Waals surface area contributed by atoms with E-state index in [2.05, 4.69) is 5.32 Å². The molecule has 4 aromatic rings. The van der Waals surface area contributed by atoms with Crippen LogP contribution in [0.5, 0.6) is 0 Å². The van der Waals surface area contributed by atoms with E-state index in [1.807, 2.05) is 57.2 Å². The van der Waals surface area contributed by atoms with Crippen molar-refractivity contribution < 1.29 is 18.0 Å². The van der Waals surface area contributed by atoms with Crippen LogP contribution in [0, 0.1) is 6.92 Å². The number of anilines is 1. The minimum atomic E-state index is -4.15. The number of nitrogens with zero attached hydrogens (tertiary/aromatic N) is 2. The molecule has 0 radical (unpaired) electrons. The fraction of sp³-hybridized carbons (Fsp3) is 0.235. The largest absolute Gasteiger partial charge is 0.352 e. The van der Waals surface area contributed by atoms with Crippen LogP contribution in [0.15, 0.2) is 114 Å². The van der Waals surface area contributed by atoms with Crippen molar-refractivity contribution in [3.05, 3.63) is 131 Å². The Morgan fingerprint density at radius 2 is 1.40 bits per heavy atom. The Bertz CT molecular complexity index is 1630. The van der Waals surface area contributed by atoms with E-state index in [1.165, 1.54) is 17.0 Å². The van der Waals surface area contributed by atoms with Crippen molar-refractivity contribution in [1.29, 1.82) is 0 Å². The van der Waals surface area contributed by atoms with Gasteiger partial charge in [0.2, 0.25) is 11.8 Å². The van der Waals surface area contributed by atoms with Crippen LogP contribution in [0.2, 0.25) is 5.02 Å². The molecular weight excluding hydrogens is 582 g/mol.